The summed E-state index contributed by atoms with van der Waals surface area (Å²) in [5, 5.41) is 7.23. The van der Waals surface area contributed by atoms with Gasteiger partial charge in [-0.15, -0.1) is 0 Å². The standard InChI is InChI=1S/C12H19N3O/c1-5-11(8-13-12(16)6-2)15-10(4)7-9(3)14-15/h6-7,11H,2,5,8H2,1,3-4H3,(H,13,16). The van der Waals surface area contributed by atoms with Gasteiger partial charge in [0.2, 0.25) is 5.91 Å². The summed E-state index contributed by atoms with van der Waals surface area (Å²) in [5.74, 6) is -0.139. The summed E-state index contributed by atoms with van der Waals surface area (Å²) in [6.07, 6.45) is 2.22. The lowest BCUT2D eigenvalue weighted by atomic mass is 10.2. The van der Waals surface area contributed by atoms with Crippen molar-refractivity contribution in [3.63, 3.8) is 0 Å². The Balaban J connectivity index is 2.71. The van der Waals surface area contributed by atoms with E-state index in [2.05, 4.69) is 23.9 Å². The fourth-order valence-corrected chi connectivity index (χ4v) is 1.71. The number of aryl methyl sites for hydroxylation is 2. The Morgan fingerprint density at radius 1 is 1.69 bits per heavy atom. The highest BCUT2D eigenvalue weighted by atomic mass is 16.1. The molecule has 0 aliphatic carbocycles. The van der Waals surface area contributed by atoms with Gasteiger partial charge in [-0.25, -0.2) is 0 Å². The van der Waals surface area contributed by atoms with Gasteiger partial charge >= 0.3 is 0 Å². The fourth-order valence-electron chi connectivity index (χ4n) is 1.71. The highest BCUT2D eigenvalue weighted by Crippen LogP contribution is 2.13. The molecule has 0 radical (unpaired) electrons. The average Bonchev–Trinajstić information content (AvgIpc) is 2.59. The minimum atomic E-state index is -0.139. The Morgan fingerprint density at radius 3 is 2.81 bits per heavy atom. The first kappa shape index (κ1) is 12.5. The van der Waals surface area contributed by atoms with Crippen LogP contribution in [0.4, 0.5) is 0 Å². The molecule has 1 unspecified atom stereocenters. The number of nitrogens with one attached hydrogen (secondary N) is 1. The fraction of sp³-hybridized carbons (Fsp3) is 0.500. The summed E-state index contributed by atoms with van der Waals surface area (Å²) in [6, 6.07) is 2.25. The van der Waals surface area contributed by atoms with Crippen LogP contribution in [0, 0.1) is 13.8 Å². The van der Waals surface area contributed by atoms with Gasteiger partial charge in [0.1, 0.15) is 0 Å². The van der Waals surface area contributed by atoms with Crippen LogP contribution in [0.3, 0.4) is 0 Å². The van der Waals surface area contributed by atoms with E-state index >= 15 is 0 Å². The van der Waals surface area contributed by atoms with E-state index < -0.39 is 0 Å². The summed E-state index contributed by atoms with van der Waals surface area (Å²) in [5.41, 5.74) is 2.13. The number of carbonyl (C=O) groups excluding carboxylic acids is 1. The van der Waals surface area contributed by atoms with Crippen molar-refractivity contribution in [1.29, 1.82) is 0 Å². The van der Waals surface area contributed by atoms with Crippen molar-refractivity contribution in [2.45, 2.75) is 33.2 Å². The zero-order valence-electron chi connectivity index (χ0n) is 10.2. The lowest BCUT2D eigenvalue weighted by Crippen LogP contribution is -2.30. The normalized spacial score (nSPS) is 12.2. The van der Waals surface area contributed by atoms with Gasteiger partial charge in [0.25, 0.3) is 0 Å². The van der Waals surface area contributed by atoms with Crippen LogP contribution in [0.25, 0.3) is 0 Å². The van der Waals surface area contributed by atoms with Crippen LogP contribution in [-0.2, 0) is 4.79 Å². The number of hydrogen-bond donors (Lipinski definition) is 1. The molecule has 0 bridgehead atoms. The Morgan fingerprint density at radius 2 is 2.38 bits per heavy atom. The maximum absolute atomic E-state index is 11.1. The molecule has 4 heteroatoms. The van der Waals surface area contributed by atoms with Crippen LogP contribution in [0.1, 0.15) is 30.8 Å². The zero-order chi connectivity index (χ0) is 12.1. The summed E-state index contributed by atoms with van der Waals surface area (Å²) in [6.45, 7) is 10.1. The number of nitrogens with zero attached hydrogens (tertiary/aromatic N) is 2. The molecule has 0 saturated heterocycles. The van der Waals surface area contributed by atoms with Crippen LogP contribution < -0.4 is 5.32 Å². The van der Waals surface area contributed by atoms with Crippen LogP contribution >= 0.6 is 0 Å². The molecule has 16 heavy (non-hydrogen) atoms. The van der Waals surface area contributed by atoms with Gasteiger partial charge in [-0.05, 0) is 32.4 Å². The van der Waals surface area contributed by atoms with Crippen LogP contribution in [0.15, 0.2) is 18.7 Å². The predicted molar refractivity (Wildman–Crippen MR) is 64.2 cm³/mol. The predicted octanol–water partition coefficient (Wildman–Crippen LogP) is 1.75. The molecule has 0 spiro atoms. The quantitative estimate of drug-likeness (QED) is 0.770. The monoisotopic (exact) mass is 221 g/mol. The molecule has 1 N–H and O–H groups in total. The minimum Gasteiger partial charge on any atom is -0.350 e. The van der Waals surface area contributed by atoms with Crippen molar-refractivity contribution in [2.75, 3.05) is 6.54 Å². The molecule has 4 nitrogen and oxygen atoms in total. The number of hydrogen-bond acceptors (Lipinski definition) is 2. The van der Waals surface area contributed by atoms with Crippen LogP contribution in [0.2, 0.25) is 0 Å². The van der Waals surface area contributed by atoms with Crippen LogP contribution in [0.5, 0.6) is 0 Å². The van der Waals surface area contributed by atoms with E-state index in [1.807, 2.05) is 24.6 Å². The smallest absolute Gasteiger partial charge is 0.243 e. The molecule has 0 aromatic carbocycles. The molecule has 1 amide bonds. The zero-order valence-corrected chi connectivity index (χ0v) is 10.2. The molecule has 1 heterocycles. The summed E-state index contributed by atoms with van der Waals surface area (Å²) in [4.78, 5) is 11.1. The van der Waals surface area contributed by atoms with Crippen molar-refractivity contribution in [2.24, 2.45) is 0 Å². The molecular formula is C12H19N3O. The summed E-state index contributed by atoms with van der Waals surface area (Å²) in [7, 11) is 0. The van der Waals surface area contributed by atoms with Gasteiger partial charge in [-0.2, -0.15) is 5.10 Å². The van der Waals surface area contributed by atoms with Gasteiger partial charge in [-0.3, -0.25) is 9.48 Å². The van der Waals surface area contributed by atoms with E-state index in [1.165, 1.54) is 6.08 Å². The lowest BCUT2D eigenvalue weighted by Gasteiger charge is -2.17. The number of amides is 1. The van der Waals surface area contributed by atoms with Gasteiger partial charge in [0.15, 0.2) is 0 Å². The Kier molecular flexibility index (Phi) is 4.28. The van der Waals surface area contributed by atoms with E-state index in [1.54, 1.807) is 0 Å². The Bertz CT molecular complexity index is 382. The molecule has 1 rings (SSSR count). The Hall–Kier alpha value is -1.58. The maximum atomic E-state index is 11.1. The van der Waals surface area contributed by atoms with Crippen molar-refractivity contribution in [1.82, 2.24) is 15.1 Å². The molecule has 1 aromatic heterocycles. The van der Waals surface area contributed by atoms with Gasteiger partial charge in [-0.1, -0.05) is 13.5 Å². The maximum Gasteiger partial charge on any atom is 0.243 e. The van der Waals surface area contributed by atoms with Gasteiger partial charge in [0, 0.05) is 12.2 Å². The SMILES string of the molecule is C=CC(=O)NCC(CC)n1nc(C)cc1C. The molecule has 1 atom stereocenters. The van der Waals surface area contributed by atoms with Gasteiger partial charge < -0.3 is 5.32 Å². The second-order valence-corrected chi connectivity index (χ2v) is 3.88. The molecular weight excluding hydrogens is 202 g/mol. The summed E-state index contributed by atoms with van der Waals surface area (Å²) < 4.78 is 1.97. The largest absolute Gasteiger partial charge is 0.350 e. The first-order valence-corrected chi connectivity index (χ1v) is 5.51. The Labute approximate surface area is 96.3 Å². The van der Waals surface area contributed by atoms with E-state index in [0.29, 0.717) is 6.54 Å². The molecule has 0 aliphatic rings. The van der Waals surface area contributed by atoms with E-state index in [0.717, 1.165) is 17.8 Å². The lowest BCUT2D eigenvalue weighted by molar-refractivity contribution is -0.116. The second-order valence-electron chi connectivity index (χ2n) is 3.88. The molecule has 88 valence electrons. The highest BCUT2D eigenvalue weighted by Gasteiger charge is 2.12. The van der Waals surface area contributed by atoms with E-state index in [9.17, 15) is 4.79 Å². The van der Waals surface area contributed by atoms with Crippen molar-refractivity contribution >= 4 is 5.91 Å². The van der Waals surface area contributed by atoms with Crippen LogP contribution in [-0.4, -0.2) is 22.2 Å². The van der Waals surface area contributed by atoms with Crippen molar-refractivity contribution in [3.8, 4) is 0 Å². The van der Waals surface area contributed by atoms with E-state index in [-0.39, 0.29) is 11.9 Å². The number of carbonyl (C=O) groups is 1. The average molecular weight is 221 g/mol. The molecule has 0 saturated carbocycles. The third-order valence-electron chi connectivity index (χ3n) is 2.56. The topological polar surface area (TPSA) is 46.9 Å². The van der Waals surface area contributed by atoms with Crippen molar-refractivity contribution in [3.05, 3.63) is 30.1 Å². The molecule has 0 fully saturated rings. The third-order valence-corrected chi connectivity index (χ3v) is 2.56. The van der Waals surface area contributed by atoms with E-state index in [4.69, 9.17) is 0 Å². The second kappa shape index (κ2) is 5.49. The van der Waals surface area contributed by atoms with Crippen molar-refractivity contribution < 1.29 is 4.79 Å². The van der Waals surface area contributed by atoms with Gasteiger partial charge in [0.05, 0.1) is 11.7 Å². The summed E-state index contributed by atoms with van der Waals surface area (Å²) >= 11 is 0. The number of rotatable bonds is 5. The first-order chi connectivity index (χ1) is 7.58. The minimum absolute atomic E-state index is 0.139. The third kappa shape index (κ3) is 2.95. The first-order valence-electron chi connectivity index (χ1n) is 5.51. The number of aromatic nitrogens is 2. The molecule has 0 aliphatic heterocycles. The highest BCUT2D eigenvalue weighted by molar-refractivity contribution is 5.86. The molecule has 1 aromatic rings.